The predicted molar refractivity (Wildman–Crippen MR) is 63.2 cm³/mol. The average molecular weight is 298 g/mol. The number of rotatable bonds is 3. The van der Waals surface area contributed by atoms with E-state index in [1.54, 1.807) is 0 Å². The lowest BCUT2D eigenvalue weighted by molar-refractivity contribution is 0.258. The summed E-state index contributed by atoms with van der Waals surface area (Å²) in [5.74, 6) is 0.673. The molecular weight excluding hydrogens is 286 g/mol. The Morgan fingerprint density at radius 3 is 3.18 bits per heavy atom. The first-order valence-electron chi connectivity index (χ1n) is 5.49. The van der Waals surface area contributed by atoms with Crippen LogP contribution in [0.3, 0.4) is 0 Å². The van der Waals surface area contributed by atoms with Crippen molar-refractivity contribution in [3.63, 3.8) is 0 Å². The van der Waals surface area contributed by atoms with Crippen molar-refractivity contribution in [1.29, 1.82) is 0 Å². The van der Waals surface area contributed by atoms with Gasteiger partial charge >= 0.3 is 0 Å². The molecule has 1 fully saturated rings. The van der Waals surface area contributed by atoms with Crippen LogP contribution in [0.4, 0.5) is 0 Å². The Balaban J connectivity index is 1.62. The van der Waals surface area contributed by atoms with Gasteiger partial charge in [-0.2, -0.15) is 10.1 Å². The summed E-state index contributed by atoms with van der Waals surface area (Å²) in [7, 11) is 0. The molecule has 0 aromatic carbocycles. The highest BCUT2D eigenvalue weighted by molar-refractivity contribution is 9.10. The van der Waals surface area contributed by atoms with E-state index in [9.17, 15) is 0 Å². The van der Waals surface area contributed by atoms with Crippen molar-refractivity contribution >= 4 is 15.9 Å². The number of nitrogens with zero attached hydrogens (tertiary/aromatic N) is 5. The number of hydrogen-bond donors (Lipinski definition) is 0. The molecule has 17 heavy (non-hydrogen) atoms. The molecule has 1 unspecified atom stereocenters. The zero-order valence-corrected chi connectivity index (χ0v) is 10.7. The van der Waals surface area contributed by atoms with Crippen LogP contribution in [0.25, 0.3) is 0 Å². The van der Waals surface area contributed by atoms with Gasteiger partial charge in [0.2, 0.25) is 5.89 Å². The minimum Gasteiger partial charge on any atom is -0.338 e. The number of aromatic nitrogens is 4. The Hall–Kier alpha value is -1.21. The van der Waals surface area contributed by atoms with Crippen molar-refractivity contribution in [1.82, 2.24) is 24.8 Å². The molecule has 0 saturated carbocycles. The van der Waals surface area contributed by atoms with Gasteiger partial charge in [-0.15, -0.1) is 0 Å². The number of hydrogen-bond acceptors (Lipinski definition) is 5. The number of halogens is 1. The molecule has 1 aliphatic heterocycles. The monoisotopic (exact) mass is 297 g/mol. The van der Waals surface area contributed by atoms with E-state index < -0.39 is 0 Å². The molecule has 90 valence electrons. The lowest BCUT2D eigenvalue weighted by Crippen LogP contribution is -2.21. The molecule has 2 aromatic heterocycles. The normalized spacial score (nSPS) is 21.1. The maximum atomic E-state index is 5.01. The molecule has 0 radical (unpaired) electrons. The summed E-state index contributed by atoms with van der Waals surface area (Å²) in [6.07, 6.45) is 6.37. The van der Waals surface area contributed by atoms with Crippen molar-refractivity contribution in [3.8, 4) is 0 Å². The third-order valence-electron chi connectivity index (χ3n) is 2.96. The van der Waals surface area contributed by atoms with Gasteiger partial charge in [0.25, 0.3) is 0 Å². The van der Waals surface area contributed by atoms with Crippen LogP contribution in [0.5, 0.6) is 0 Å². The topological polar surface area (TPSA) is 60.0 Å². The van der Waals surface area contributed by atoms with Crippen LogP contribution in [0.2, 0.25) is 0 Å². The second kappa shape index (κ2) is 4.58. The third kappa shape index (κ3) is 2.39. The van der Waals surface area contributed by atoms with Gasteiger partial charge in [0.05, 0.1) is 23.3 Å². The van der Waals surface area contributed by atoms with Crippen LogP contribution < -0.4 is 0 Å². The molecule has 0 amide bonds. The predicted octanol–water partition coefficient (Wildman–Crippen LogP) is 1.48. The molecule has 0 spiro atoms. The summed E-state index contributed by atoms with van der Waals surface area (Å²) in [6, 6.07) is 0.434. The van der Waals surface area contributed by atoms with Crippen molar-refractivity contribution in [2.24, 2.45) is 0 Å². The van der Waals surface area contributed by atoms with Crippen molar-refractivity contribution < 1.29 is 4.52 Å². The highest BCUT2D eigenvalue weighted by Crippen LogP contribution is 2.23. The van der Waals surface area contributed by atoms with Crippen LogP contribution >= 0.6 is 15.9 Å². The second-order valence-corrected chi connectivity index (χ2v) is 5.07. The molecule has 1 atom stereocenters. The molecule has 1 aliphatic rings. The highest BCUT2D eigenvalue weighted by Gasteiger charge is 2.25. The first-order valence-corrected chi connectivity index (χ1v) is 6.28. The zero-order valence-electron chi connectivity index (χ0n) is 9.16. The van der Waals surface area contributed by atoms with Crippen LogP contribution in [-0.2, 0) is 6.54 Å². The van der Waals surface area contributed by atoms with Gasteiger partial charge in [-0.3, -0.25) is 9.58 Å². The summed E-state index contributed by atoms with van der Waals surface area (Å²) in [5, 5.41) is 7.93. The van der Waals surface area contributed by atoms with Crippen molar-refractivity contribution in [3.05, 3.63) is 29.1 Å². The Bertz CT molecular complexity index is 483. The Morgan fingerprint density at radius 1 is 1.53 bits per heavy atom. The molecule has 7 heteroatoms. The smallest absolute Gasteiger partial charge is 0.240 e. The minimum atomic E-state index is 0.434. The van der Waals surface area contributed by atoms with E-state index in [0.29, 0.717) is 11.9 Å². The maximum Gasteiger partial charge on any atom is 0.240 e. The summed E-state index contributed by atoms with van der Waals surface area (Å²) in [6.45, 7) is 2.72. The van der Waals surface area contributed by atoms with E-state index in [1.807, 2.05) is 17.1 Å². The van der Waals surface area contributed by atoms with Crippen LogP contribution in [0, 0.1) is 0 Å². The molecule has 6 nitrogen and oxygen atoms in total. The average Bonchev–Trinajstić information content (AvgIpc) is 2.99. The Labute approximate surface area is 107 Å². The largest absolute Gasteiger partial charge is 0.338 e. The fraction of sp³-hybridized carbons (Fsp3) is 0.500. The first-order chi connectivity index (χ1) is 8.31. The number of likely N-dealkylation sites (tertiary alicyclic amines) is 1. The van der Waals surface area contributed by atoms with Crippen LogP contribution in [0.15, 0.2) is 27.7 Å². The lowest BCUT2D eigenvalue weighted by atomic mass is 10.3. The summed E-state index contributed by atoms with van der Waals surface area (Å²) in [5.41, 5.74) is 0. The van der Waals surface area contributed by atoms with E-state index in [2.05, 4.69) is 36.1 Å². The molecule has 3 heterocycles. The van der Waals surface area contributed by atoms with Gasteiger partial charge in [-0.05, 0) is 22.4 Å². The third-order valence-corrected chi connectivity index (χ3v) is 3.37. The highest BCUT2D eigenvalue weighted by atomic mass is 79.9. The van der Waals surface area contributed by atoms with Crippen LogP contribution in [-0.4, -0.2) is 37.9 Å². The van der Waals surface area contributed by atoms with Gasteiger partial charge < -0.3 is 4.52 Å². The molecule has 0 bridgehead atoms. The lowest BCUT2D eigenvalue weighted by Gasteiger charge is -2.13. The van der Waals surface area contributed by atoms with E-state index in [4.69, 9.17) is 4.52 Å². The first kappa shape index (κ1) is 10.9. The zero-order chi connectivity index (χ0) is 11.7. The maximum absolute atomic E-state index is 5.01. The van der Waals surface area contributed by atoms with Crippen molar-refractivity contribution in [2.75, 3.05) is 13.1 Å². The second-order valence-electron chi connectivity index (χ2n) is 4.15. The summed E-state index contributed by atoms with van der Waals surface area (Å²) >= 11 is 3.41. The van der Waals surface area contributed by atoms with Crippen molar-refractivity contribution in [2.45, 2.75) is 19.0 Å². The quantitative estimate of drug-likeness (QED) is 0.859. The van der Waals surface area contributed by atoms with Gasteiger partial charge in [-0.25, -0.2) is 0 Å². The standard InChI is InChI=1S/C10H12BrN5O/c11-8-3-13-16(4-8)9-1-2-15(5-9)6-10-12-7-14-17-10/h3-4,7,9H,1-2,5-6H2. The van der Waals surface area contributed by atoms with Gasteiger partial charge in [0.1, 0.15) is 0 Å². The van der Waals surface area contributed by atoms with E-state index in [0.717, 1.165) is 30.5 Å². The van der Waals surface area contributed by atoms with E-state index in [1.165, 1.54) is 6.33 Å². The van der Waals surface area contributed by atoms with Gasteiger partial charge in [0, 0.05) is 19.3 Å². The molecule has 2 aromatic rings. The van der Waals surface area contributed by atoms with Gasteiger partial charge in [0.15, 0.2) is 6.33 Å². The molecular formula is C10H12BrN5O. The van der Waals surface area contributed by atoms with E-state index in [-0.39, 0.29) is 0 Å². The summed E-state index contributed by atoms with van der Waals surface area (Å²) < 4.78 is 8.04. The molecule has 0 N–H and O–H groups in total. The SMILES string of the molecule is Brc1cnn(C2CCN(Cc3ncno3)C2)c1. The molecule has 1 saturated heterocycles. The van der Waals surface area contributed by atoms with Crippen LogP contribution in [0.1, 0.15) is 18.4 Å². The van der Waals surface area contributed by atoms with Gasteiger partial charge in [-0.1, -0.05) is 5.16 Å². The minimum absolute atomic E-state index is 0.434. The fourth-order valence-corrected chi connectivity index (χ4v) is 2.44. The van der Waals surface area contributed by atoms with E-state index >= 15 is 0 Å². The fourth-order valence-electron chi connectivity index (χ4n) is 2.14. The molecule has 3 rings (SSSR count). The Morgan fingerprint density at radius 2 is 2.47 bits per heavy atom. The summed E-state index contributed by atoms with van der Waals surface area (Å²) in [4.78, 5) is 6.33. The molecule has 0 aliphatic carbocycles. The Kier molecular flexibility index (Phi) is 2.94.